The van der Waals surface area contributed by atoms with Gasteiger partial charge in [-0.1, -0.05) is 0 Å². The van der Waals surface area contributed by atoms with Gasteiger partial charge in [0.1, 0.15) is 0 Å². The third kappa shape index (κ3) is 3.96. The van der Waals surface area contributed by atoms with E-state index in [2.05, 4.69) is 9.72 Å². The molecule has 1 rings (SSSR count). The van der Waals surface area contributed by atoms with Gasteiger partial charge in [0.15, 0.2) is 17.3 Å². The molecule has 11 heteroatoms. The highest BCUT2D eigenvalue weighted by molar-refractivity contribution is 5.70. The number of carboxylic acids is 1. The Balaban J connectivity index is 3.42. The number of alkyl halides is 6. The zero-order valence-corrected chi connectivity index (χ0v) is 9.14. The molecule has 0 atom stereocenters. The van der Waals surface area contributed by atoms with Gasteiger partial charge in [-0.25, -0.2) is 9.37 Å². The van der Waals surface area contributed by atoms with E-state index >= 15 is 0 Å². The van der Waals surface area contributed by atoms with E-state index in [4.69, 9.17) is 5.11 Å². The van der Waals surface area contributed by atoms with E-state index in [0.717, 1.165) is 0 Å². The zero-order chi connectivity index (χ0) is 15.7. The monoisotopic (exact) mass is 307 g/mol. The van der Waals surface area contributed by atoms with Crippen molar-refractivity contribution in [2.75, 3.05) is 0 Å². The van der Waals surface area contributed by atoms with Crippen LogP contribution in [-0.2, 0) is 17.4 Å². The number of ether oxygens (including phenoxy) is 1. The van der Waals surface area contributed by atoms with Crippen LogP contribution in [0, 0.1) is 5.82 Å². The first-order valence-corrected chi connectivity index (χ1v) is 4.64. The van der Waals surface area contributed by atoms with Gasteiger partial charge in [-0.15, -0.1) is 13.2 Å². The van der Waals surface area contributed by atoms with Crippen LogP contribution in [0.25, 0.3) is 0 Å². The molecule has 4 nitrogen and oxygen atoms in total. The molecular weight excluding hydrogens is 303 g/mol. The molecule has 1 heterocycles. The average Bonchev–Trinajstić information content (AvgIpc) is 2.19. The molecule has 0 aliphatic heterocycles. The lowest BCUT2D eigenvalue weighted by Gasteiger charge is -2.16. The van der Waals surface area contributed by atoms with Gasteiger partial charge in [-0.2, -0.15) is 13.2 Å². The lowest BCUT2D eigenvalue weighted by atomic mass is 10.1. The van der Waals surface area contributed by atoms with E-state index in [1.54, 1.807) is 0 Å². The summed E-state index contributed by atoms with van der Waals surface area (Å²) in [6, 6.07) is 0. The van der Waals surface area contributed by atoms with Crippen molar-refractivity contribution >= 4 is 5.97 Å². The van der Waals surface area contributed by atoms with Gasteiger partial charge in [-0.05, 0) is 0 Å². The molecule has 0 amide bonds. The Morgan fingerprint density at radius 1 is 1.25 bits per heavy atom. The van der Waals surface area contributed by atoms with Gasteiger partial charge in [-0.3, -0.25) is 4.79 Å². The molecule has 0 unspecified atom stereocenters. The van der Waals surface area contributed by atoms with Crippen LogP contribution in [0.15, 0.2) is 6.20 Å². The van der Waals surface area contributed by atoms with Crippen LogP contribution in [0.4, 0.5) is 30.7 Å². The second-order valence-corrected chi connectivity index (χ2v) is 3.39. The molecule has 0 aliphatic rings. The van der Waals surface area contributed by atoms with Crippen LogP contribution in [0.3, 0.4) is 0 Å². The number of hydrogen-bond donors (Lipinski definition) is 1. The molecule has 0 aliphatic carbocycles. The minimum atomic E-state index is -5.59. The van der Waals surface area contributed by atoms with E-state index in [-0.39, 0.29) is 6.20 Å². The number of nitrogens with zero attached hydrogens (tertiary/aromatic N) is 1. The van der Waals surface area contributed by atoms with Crippen molar-refractivity contribution in [3.63, 3.8) is 0 Å². The first-order valence-electron chi connectivity index (χ1n) is 4.64. The van der Waals surface area contributed by atoms with Crippen LogP contribution in [-0.4, -0.2) is 22.4 Å². The molecule has 20 heavy (non-hydrogen) atoms. The van der Waals surface area contributed by atoms with E-state index in [1.807, 2.05) is 0 Å². The van der Waals surface area contributed by atoms with E-state index in [9.17, 15) is 35.5 Å². The first kappa shape index (κ1) is 16.0. The highest BCUT2D eigenvalue weighted by Crippen LogP contribution is 2.39. The van der Waals surface area contributed by atoms with Crippen molar-refractivity contribution in [1.29, 1.82) is 0 Å². The van der Waals surface area contributed by atoms with Crippen molar-refractivity contribution in [1.82, 2.24) is 4.98 Å². The third-order valence-electron chi connectivity index (χ3n) is 1.87. The van der Waals surface area contributed by atoms with Gasteiger partial charge in [0.25, 0.3) is 0 Å². The molecule has 112 valence electrons. The quantitative estimate of drug-likeness (QED) is 0.872. The number of rotatable bonds is 3. The van der Waals surface area contributed by atoms with Gasteiger partial charge in [0, 0.05) is 11.8 Å². The van der Waals surface area contributed by atoms with Gasteiger partial charge < -0.3 is 9.84 Å². The SMILES string of the molecule is O=C(O)Cc1cnc(C(F)(F)F)c(OC(F)(F)F)c1F. The lowest BCUT2D eigenvalue weighted by Crippen LogP contribution is -2.23. The molecule has 1 aromatic heterocycles. The summed E-state index contributed by atoms with van der Waals surface area (Å²) in [6.45, 7) is 0. The van der Waals surface area contributed by atoms with E-state index in [1.165, 1.54) is 0 Å². The fraction of sp³-hybridized carbons (Fsp3) is 0.333. The summed E-state index contributed by atoms with van der Waals surface area (Å²) < 4.78 is 89.7. The third-order valence-corrected chi connectivity index (χ3v) is 1.87. The predicted molar refractivity (Wildman–Crippen MR) is 47.2 cm³/mol. The lowest BCUT2D eigenvalue weighted by molar-refractivity contribution is -0.277. The van der Waals surface area contributed by atoms with Gasteiger partial charge in [0.2, 0.25) is 0 Å². The molecule has 0 bridgehead atoms. The highest BCUT2D eigenvalue weighted by Gasteiger charge is 2.43. The summed E-state index contributed by atoms with van der Waals surface area (Å²) in [6.07, 6.45) is -12.0. The molecule has 0 saturated heterocycles. The number of carbonyl (C=O) groups is 1. The molecule has 1 aromatic rings. The topological polar surface area (TPSA) is 59.4 Å². The summed E-state index contributed by atoms with van der Waals surface area (Å²) >= 11 is 0. The number of aromatic nitrogens is 1. The maximum absolute atomic E-state index is 13.5. The Morgan fingerprint density at radius 3 is 2.20 bits per heavy atom. The molecule has 1 N–H and O–H groups in total. The normalized spacial score (nSPS) is 12.3. The maximum atomic E-state index is 13.5. The number of hydrogen-bond acceptors (Lipinski definition) is 3. The van der Waals surface area contributed by atoms with Crippen molar-refractivity contribution in [3.8, 4) is 5.75 Å². The summed E-state index contributed by atoms with van der Waals surface area (Å²) in [5.41, 5.74) is -3.20. The number of pyridine rings is 1. The van der Waals surface area contributed by atoms with Gasteiger partial charge >= 0.3 is 18.5 Å². The maximum Gasteiger partial charge on any atom is 0.573 e. The highest BCUT2D eigenvalue weighted by atomic mass is 19.4. The Bertz CT molecular complexity index is 523. The van der Waals surface area contributed by atoms with Crippen LogP contribution >= 0.6 is 0 Å². The molecular formula is C9H4F7NO3. The number of aliphatic carboxylic acids is 1. The average molecular weight is 307 g/mol. The van der Waals surface area contributed by atoms with Crippen molar-refractivity contribution < 1.29 is 45.4 Å². The van der Waals surface area contributed by atoms with Crippen LogP contribution in [0.1, 0.15) is 11.3 Å². The largest absolute Gasteiger partial charge is 0.573 e. The van der Waals surface area contributed by atoms with Crippen LogP contribution < -0.4 is 4.74 Å². The van der Waals surface area contributed by atoms with E-state index in [0.29, 0.717) is 0 Å². The second kappa shape index (κ2) is 5.13. The molecule has 0 aromatic carbocycles. The van der Waals surface area contributed by atoms with Crippen molar-refractivity contribution in [2.45, 2.75) is 19.0 Å². The number of halogens is 7. The van der Waals surface area contributed by atoms with Crippen LogP contribution in [0.5, 0.6) is 5.75 Å². The fourth-order valence-corrected chi connectivity index (χ4v) is 1.20. The Kier molecular flexibility index (Phi) is 4.10. The standard InChI is InChI=1S/C9H4F7NO3/c10-5-3(1-4(18)19)2-17-7(8(11,12)13)6(5)20-9(14,15)16/h2H,1H2,(H,18,19). The minimum Gasteiger partial charge on any atom is -0.481 e. The molecule has 0 saturated carbocycles. The minimum absolute atomic E-state index is 0.190. The summed E-state index contributed by atoms with van der Waals surface area (Å²) in [4.78, 5) is 12.9. The summed E-state index contributed by atoms with van der Waals surface area (Å²) in [5, 5.41) is 8.36. The van der Waals surface area contributed by atoms with Gasteiger partial charge in [0.05, 0.1) is 6.42 Å². The summed E-state index contributed by atoms with van der Waals surface area (Å²) in [7, 11) is 0. The Labute approximate surface area is 105 Å². The smallest absolute Gasteiger partial charge is 0.481 e. The predicted octanol–water partition coefficient (Wildman–Crippen LogP) is 2.77. The van der Waals surface area contributed by atoms with Crippen molar-refractivity contribution in [3.05, 3.63) is 23.3 Å². The Hall–Kier alpha value is -2.07. The Morgan fingerprint density at radius 2 is 1.80 bits per heavy atom. The zero-order valence-electron chi connectivity index (χ0n) is 9.14. The molecule has 0 fully saturated rings. The second-order valence-electron chi connectivity index (χ2n) is 3.39. The summed E-state index contributed by atoms with van der Waals surface area (Å²) in [5.74, 6) is -5.95. The molecule has 0 spiro atoms. The van der Waals surface area contributed by atoms with Crippen LogP contribution in [0.2, 0.25) is 0 Å². The number of carboxylic acid groups (broad SMARTS) is 1. The van der Waals surface area contributed by atoms with E-state index < -0.39 is 47.8 Å². The first-order chi connectivity index (χ1) is 8.92. The van der Waals surface area contributed by atoms with Crippen molar-refractivity contribution in [2.24, 2.45) is 0 Å². The fourth-order valence-electron chi connectivity index (χ4n) is 1.20. The molecule has 0 radical (unpaired) electrons.